The second kappa shape index (κ2) is 8.04. The van der Waals surface area contributed by atoms with Gasteiger partial charge in [-0.25, -0.2) is 4.98 Å². The monoisotopic (exact) mass is 378 g/mol. The molecule has 7 heteroatoms. The molecule has 0 atom stereocenters. The Morgan fingerprint density at radius 3 is 2.68 bits per heavy atom. The highest BCUT2D eigenvalue weighted by Crippen LogP contribution is 2.33. The molecule has 2 heterocycles. The number of benzene rings is 2. The van der Waals surface area contributed by atoms with Crippen molar-refractivity contribution >= 4 is 17.5 Å². The van der Waals surface area contributed by atoms with Gasteiger partial charge in [-0.1, -0.05) is 18.2 Å². The average Bonchev–Trinajstić information content (AvgIpc) is 2.72. The summed E-state index contributed by atoms with van der Waals surface area (Å²) in [5.74, 6) is 3.57. The van der Waals surface area contributed by atoms with Crippen molar-refractivity contribution in [3.63, 3.8) is 0 Å². The Morgan fingerprint density at radius 1 is 1.00 bits per heavy atom. The third-order valence-electron chi connectivity index (χ3n) is 4.30. The largest absolute Gasteiger partial charge is 0.496 e. The maximum absolute atomic E-state index is 5.64. The first-order valence-electron chi connectivity index (χ1n) is 9.09. The van der Waals surface area contributed by atoms with E-state index in [9.17, 15) is 0 Å². The lowest BCUT2D eigenvalue weighted by Gasteiger charge is -2.19. The van der Waals surface area contributed by atoms with Crippen molar-refractivity contribution in [3.05, 3.63) is 59.8 Å². The average molecular weight is 378 g/mol. The molecule has 4 rings (SSSR count). The van der Waals surface area contributed by atoms with Crippen molar-refractivity contribution in [3.8, 4) is 17.2 Å². The summed E-state index contributed by atoms with van der Waals surface area (Å²) in [5.41, 5.74) is 2.77. The van der Waals surface area contributed by atoms with E-state index in [-0.39, 0.29) is 0 Å². The first-order valence-corrected chi connectivity index (χ1v) is 9.09. The minimum Gasteiger partial charge on any atom is -0.496 e. The molecule has 7 nitrogen and oxygen atoms in total. The maximum Gasteiger partial charge on any atom is 0.225 e. The van der Waals surface area contributed by atoms with Crippen molar-refractivity contribution in [2.45, 2.75) is 13.5 Å². The first kappa shape index (κ1) is 17.9. The summed E-state index contributed by atoms with van der Waals surface area (Å²) in [5, 5.41) is 6.57. The molecule has 0 radical (unpaired) electrons. The van der Waals surface area contributed by atoms with E-state index < -0.39 is 0 Å². The molecule has 2 aromatic carbocycles. The summed E-state index contributed by atoms with van der Waals surface area (Å²) in [6.07, 6.45) is 0. The fourth-order valence-electron chi connectivity index (χ4n) is 3.00. The van der Waals surface area contributed by atoms with Gasteiger partial charge < -0.3 is 24.8 Å². The van der Waals surface area contributed by atoms with Crippen LogP contribution in [0.25, 0.3) is 0 Å². The molecule has 0 amide bonds. The third-order valence-corrected chi connectivity index (χ3v) is 4.30. The number of ether oxygens (including phenoxy) is 3. The van der Waals surface area contributed by atoms with Crippen LogP contribution in [0.4, 0.5) is 17.5 Å². The van der Waals surface area contributed by atoms with E-state index in [2.05, 4.69) is 20.6 Å². The highest BCUT2D eigenvalue weighted by molar-refractivity contribution is 5.62. The number of methoxy groups -OCH3 is 1. The van der Waals surface area contributed by atoms with Crippen LogP contribution in [0.3, 0.4) is 0 Å². The molecule has 3 aromatic rings. The highest BCUT2D eigenvalue weighted by atomic mass is 16.6. The number of aryl methyl sites for hydroxylation is 1. The summed E-state index contributed by atoms with van der Waals surface area (Å²) in [4.78, 5) is 9.03. The van der Waals surface area contributed by atoms with Crippen LogP contribution >= 0.6 is 0 Å². The number of anilines is 3. The van der Waals surface area contributed by atoms with E-state index >= 15 is 0 Å². The van der Waals surface area contributed by atoms with Gasteiger partial charge in [0, 0.05) is 35.6 Å². The molecule has 0 saturated carbocycles. The molecule has 0 fully saturated rings. The molecule has 0 spiro atoms. The highest BCUT2D eigenvalue weighted by Gasteiger charge is 2.12. The fourth-order valence-corrected chi connectivity index (χ4v) is 3.00. The standard InChI is InChI=1S/C21H22N4O3/c1-14-11-20(24-16-7-8-18-19(12-16)28-10-9-27-18)25-21(23-14)22-13-15-5-3-4-6-17(15)26-2/h3-8,11-12H,9-10,13H2,1-2H3,(H2,22,23,24,25). The van der Waals surface area contributed by atoms with Crippen LogP contribution in [0.1, 0.15) is 11.3 Å². The number of nitrogens with one attached hydrogen (secondary N) is 2. The predicted molar refractivity (Wildman–Crippen MR) is 108 cm³/mol. The lowest BCUT2D eigenvalue weighted by atomic mass is 10.2. The Morgan fingerprint density at radius 2 is 1.82 bits per heavy atom. The summed E-state index contributed by atoms with van der Waals surface area (Å²) in [6, 6.07) is 15.5. The smallest absolute Gasteiger partial charge is 0.225 e. The lowest BCUT2D eigenvalue weighted by Crippen LogP contribution is -2.15. The van der Waals surface area contributed by atoms with Crippen LogP contribution < -0.4 is 24.8 Å². The molecule has 2 N–H and O–H groups in total. The van der Waals surface area contributed by atoms with Crippen molar-refractivity contribution in [2.75, 3.05) is 31.0 Å². The number of fused-ring (bicyclic) bond motifs is 1. The van der Waals surface area contributed by atoms with E-state index in [1.807, 2.05) is 55.5 Å². The van der Waals surface area contributed by atoms with Gasteiger partial charge in [0.2, 0.25) is 5.95 Å². The Bertz CT molecular complexity index is 978. The van der Waals surface area contributed by atoms with Crippen LogP contribution in [-0.4, -0.2) is 30.3 Å². The number of aromatic nitrogens is 2. The zero-order chi connectivity index (χ0) is 19.3. The summed E-state index contributed by atoms with van der Waals surface area (Å²) < 4.78 is 16.6. The Labute approximate surface area is 163 Å². The topological polar surface area (TPSA) is 77.5 Å². The number of rotatable bonds is 6. The van der Waals surface area contributed by atoms with Crippen LogP contribution in [0.5, 0.6) is 17.2 Å². The van der Waals surface area contributed by atoms with E-state index in [0.29, 0.717) is 31.5 Å². The number of para-hydroxylation sites is 1. The van der Waals surface area contributed by atoms with Gasteiger partial charge in [-0.05, 0) is 25.1 Å². The summed E-state index contributed by atoms with van der Waals surface area (Å²) in [6.45, 7) is 3.63. The van der Waals surface area contributed by atoms with Crippen molar-refractivity contribution in [1.82, 2.24) is 9.97 Å². The number of hydrogen-bond donors (Lipinski definition) is 2. The maximum atomic E-state index is 5.64. The first-order chi connectivity index (χ1) is 13.7. The molecule has 1 aromatic heterocycles. The Hall–Kier alpha value is -3.48. The quantitative estimate of drug-likeness (QED) is 0.673. The number of hydrogen-bond acceptors (Lipinski definition) is 7. The second-order valence-electron chi connectivity index (χ2n) is 6.37. The molecule has 0 aliphatic carbocycles. The molecular formula is C21H22N4O3. The molecule has 1 aliphatic heterocycles. The van der Waals surface area contributed by atoms with Gasteiger partial charge in [-0.3, -0.25) is 0 Å². The van der Waals surface area contributed by atoms with E-state index in [0.717, 1.165) is 34.2 Å². The van der Waals surface area contributed by atoms with E-state index in [4.69, 9.17) is 14.2 Å². The molecule has 0 saturated heterocycles. The Kier molecular flexibility index (Phi) is 5.14. The Balaban J connectivity index is 1.49. The summed E-state index contributed by atoms with van der Waals surface area (Å²) in [7, 11) is 1.66. The number of nitrogens with zero attached hydrogens (tertiary/aromatic N) is 2. The van der Waals surface area contributed by atoms with E-state index in [1.54, 1.807) is 7.11 Å². The van der Waals surface area contributed by atoms with Crippen LogP contribution in [-0.2, 0) is 6.54 Å². The predicted octanol–water partition coefficient (Wildman–Crippen LogP) is 3.92. The zero-order valence-corrected chi connectivity index (χ0v) is 15.9. The zero-order valence-electron chi connectivity index (χ0n) is 15.9. The molecule has 1 aliphatic rings. The van der Waals surface area contributed by atoms with Crippen LogP contribution in [0.15, 0.2) is 48.5 Å². The van der Waals surface area contributed by atoms with Gasteiger partial charge in [0.05, 0.1) is 7.11 Å². The SMILES string of the molecule is COc1ccccc1CNc1nc(C)cc(Nc2ccc3c(c2)OCCO3)n1. The van der Waals surface area contributed by atoms with Gasteiger partial charge in [0.15, 0.2) is 11.5 Å². The fraction of sp³-hybridized carbons (Fsp3) is 0.238. The minimum absolute atomic E-state index is 0.547. The van der Waals surface area contributed by atoms with Gasteiger partial charge >= 0.3 is 0 Å². The van der Waals surface area contributed by atoms with Crippen molar-refractivity contribution in [2.24, 2.45) is 0 Å². The van der Waals surface area contributed by atoms with Gasteiger partial charge in [-0.2, -0.15) is 4.98 Å². The van der Waals surface area contributed by atoms with Crippen molar-refractivity contribution in [1.29, 1.82) is 0 Å². The van der Waals surface area contributed by atoms with Crippen LogP contribution in [0.2, 0.25) is 0 Å². The van der Waals surface area contributed by atoms with Gasteiger partial charge in [0.25, 0.3) is 0 Å². The normalized spacial score (nSPS) is 12.4. The minimum atomic E-state index is 0.547. The molecular weight excluding hydrogens is 356 g/mol. The molecule has 0 unspecified atom stereocenters. The third kappa shape index (κ3) is 4.09. The second-order valence-corrected chi connectivity index (χ2v) is 6.37. The molecule has 144 valence electrons. The van der Waals surface area contributed by atoms with Crippen LogP contribution in [0, 0.1) is 6.92 Å². The van der Waals surface area contributed by atoms with Gasteiger partial charge in [-0.15, -0.1) is 0 Å². The lowest BCUT2D eigenvalue weighted by molar-refractivity contribution is 0.171. The summed E-state index contributed by atoms with van der Waals surface area (Å²) >= 11 is 0. The van der Waals surface area contributed by atoms with E-state index in [1.165, 1.54) is 0 Å². The van der Waals surface area contributed by atoms with Crippen molar-refractivity contribution < 1.29 is 14.2 Å². The molecule has 28 heavy (non-hydrogen) atoms. The van der Waals surface area contributed by atoms with Gasteiger partial charge in [0.1, 0.15) is 24.8 Å². The molecule has 0 bridgehead atoms.